The number of rotatable bonds is 7. The van der Waals surface area contributed by atoms with Crippen molar-refractivity contribution in [1.82, 2.24) is 4.98 Å². The van der Waals surface area contributed by atoms with E-state index < -0.39 is 5.60 Å². The van der Waals surface area contributed by atoms with Crippen molar-refractivity contribution in [2.75, 3.05) is 19.6 Å². The molecule has 1 aliphatic carbocycles. The lowest BCUT2D eigenvalue weighted by Crippen LogP contribution is -2.62. The number of aliphatic hydroxyl groups is 1. The number of benzene rings is 2. The molecule has 2 N–H and O–H groups in total. The molecular formula is C31H39N2O4S+. The van der Waals surface area contributed by atoms with Crippen LogP contribution in [-0.2, 0) is 16.9 Å². The van der Waals surface area contributed by atoms with Crippen molar-refractivity contribution < 1.29 is 23.9 Å². The summed E-state index contributed by atoms with van der Waals surface area (Å²) in [6, 6.07) is 20.9. The largest absolute Gasteiger partial charge is 0.483 e. The van der Waals surface area contributed by atoms with Gasteiger partial charge in [0.1, 0.15) is 6.54 Å². The van der Waals surface area contributed by atoms with Crippen LogP contribution < -0.4 is 0 Å². The molecule has 2 aromatic carbocycles. The number of quaternary nitrogens is 1. The van der Waals surface area contributed by atoms with Gasteiger partial charge < -0.3 is 19.1 Å². The van der Waals surface area contributed by atoms with Gasteiger partial charge in [0.15, 0.2) is 11.4 Å². The highest BCUT2D eigenvalue weighted by Crippen LogP contribution is 2.45. The molecule has 4 aliphatic rings. The van der Waals surface area contributed by atoms with Gasteiger partial charge in [0, 0.05) is 23.7 Å². The Bertz CT molecular complexity index is 1160. The van der Waals surface area contributed by atoms with Crippen LogP contribution >= 0.6 is 11.8 Å². The Balaban J connectivity index is 0.000000937. The topological polar surface area (TPSA) is 83.6 Å². The third kappa shape index (κ3) is 5.70. The van der Waals surface area contributed by atoms with Gasteiger partial charge in [-0.25, -0.2) is 4.98 Å². The molecule has 202 valence electrons. The van der Waals surface area contributed by atoms with Crippen LogP contribution in [-0.4, -0.2) is 51.0 Å². The first-order valence-corrected chi connectivity index (χ1v) is 14.8. The number of piperidine rings is 3. The van der Waals surface area contributed by atoms with E-state index in [0.717, 1.165) is 54.0 Å². The van der Waals surface area contributed by atoms with Gasteiger partial charge in [0.2, 0.25) is 5.89 Å². The number of hydrogen-bond donors (Lipinski definition) is 2. The number of oxazole rings is 1. The van der Waals surface area contributed by atoms with E-state index in [-0.39, 0.29) is 12.4 Å². The molecule has 2 atom stereocenters. The van der Waals surface area contributed by atoms with Crippen molar-refractivity contribution in [3.8, 4) is 0 Å². The Labute approximate surface area is 229 Å². The van der Waals surface area contributed by atoms with Gasteiger partial charge >= 0.3 is 0 Å². The molecule has 3 aliphatic heterocycles. The van der Waals surface area contributed by atoms with E-state index in [0.29, 0.717) is 11.1 Å². The molecule has 3 aromatic rings. The highest BCUT2D eigenvalue weighted by molar-refractivity contribution is 8.00. The summed E-state index contributed by atoms with van der Waals surface area (Å²) in [4.78, 5) is 14.5. The summed E-state index contributed by atoms with van der Waals surface area (Å²) in [5.41, 5.74) is -0.244. The van der Waals surface area contributed by atoms with Crippen LogP contribution in [0.1, 0.15) is 62.2 Å². The number of hydrogen-bond acceptors (Lipinski definition) is 5. The lowest BCUT2D eigenvalue weighted by Gasteiger charge is -2.52. The van der Waals surface area contributed by atoms with E-state index in [9.17, 15) is 5.11 Å². The molecule has 0 spiro atoms. The van der Waals surface area contributed by atoms with Crippen molar-refractivity contribution >= 4 is 18.2 Å². The van der Waals surface area contributed by atoms with Gasteiger partial charge in [-0.05, 0) is 36.5 Å². The maximum absolute atomic E-state index is 12.2. The monoisotopic (exact) mass is 535 g/mol. The van der Waals surface area contributed by atoms with Gasteiger partial charge in [-0.1, -0.05) is 67.8 Å². The second kappa shape index (κ2) is 12.1. The Kier molecular flexibility index (Phi) is 8.56. The van der Waals surface area contributed by atoms with Crippen LogP contribution in [0.4, 0.5) is 0 Å². The van der Waals surface area contributed by atoms with E-state index in [1.165, 1.54) is 43.8 Å². The van der Waals surface area contributed by atoms with Crippen LogP contribution in [0, 0.1) is 11.8 Å². The third-order valence-electron chi connectivity index (χ3n) is 8.85. The fourth-order valence-electron chi connectivity index (χ4n) is 6.88. The lowest BCUT2D eigenvalue weighted by molar-refractivity contribution is -0.954. The van der Waals surface area contributed by atoms with Gasteiger partial charge in [-0.2, -0.15) is 0 Å². The quantitative estimate of drug-likeness (QED) is 0.281. The van der Waals surface area contributed by atoms with Gasteiger partial charge in [-0.15, -0.1) is 11.8 Å². The maximum Gasteiger partial charge on any atom is 0.290 e. The Morgan fingerprint density at radius 2 is 1.61 bits per heavy atom. The van der Waals surface area contributed by atoms with Crippen LogP contribution in [0.5, 0.6) is 0 Å². The molecule has 2 bridgehead atoms. The minimum absolute atomic E-state index is 0.148. The van der Waals surface area contributed by atoms with E-state index >= 15 is 0 Å². The molecule has 4 fully saturated rings. The molecule has 1 aromatic heterocycles. The van der Waals surface area contributed by atoms with Crippen LogP contribution in [0.3, 0.4) is 0 Å². The molecule has 7 heteroatoms. The zero-order chi connectivity index (χ0) is 26.4. The minimum atomic E-state index is -1.15. The Morgan fingerprint density at radius 1 is 0.974 bits per heavy atom. The summed E-state index contributed by atoms with van der Waals surface area (Å²) >= 11 is 2.06. The van der Waals surface area contributed by atoms with Crippen LogP contribution in [0.2, 0.25) is 0 Å². The van der Waals surface area contributed by atoms with E-state index in [1.807, 2.05) is 36.5 Å². The summed E-state index contributed by atoms with van der Waals surface area (Å²) in [5, 5.41) is 19.7. The predicted molar refractivity (Wildman–Crippen MR) is 149 cm³/mol. The molecule has 1 unspecified atom stereocenters. The van der Waals surface area contributed by atoms with Crippen molar-refractivity contribution in [3.63, 3.8) is 0 Å². The van der Waals surface area contributed by atoms with Gasteiger partial charge in [0.05, 0.1) is 31.1 Å². The zero-order valence-electron chi connectivity index (χ0n) is 22.0. The van der Waals surface area contributed by atoms with Crippen molar-refractivity contribution in [2.45, 2.75) is 67.2 Å². The lowest BCUT2D eigenvalue weighted by atomic mass is 9.73. The smallest absolute Gasteiger partial charge is 0.290 e. The fraction of sp³-hybridized carbons (Fsp3) is 0.484. The molecule has 0 radical (unpaired) electrons. The highest BCUT2D eigenvalue weighted by atomic mass is 32.2. The summed E-state index contributed by atoms with van der Waals surface area (Å²) in [6.45, 7) is 4.25. The maximum atomic E-state index is 12.2. The summed E-state index contributed by atoms with van der Waals surface area (Å²) < 4.78 is 7.56. The predicted octanol–water partition coefficient (Wildman–Crippen LogP) is 6.09. The molecule has 3 saturated heterocycles. The number of thioether (sulfide) groups is 1. The number of carboxylic acid groups (broad SMARTS) is 1. The normalized spacial score (nSPS) is 26.7. The molecule has 1 saturated carbocycles. The van der Waals surface area contributed by atoms with Crippen molar-refractivity contribution in [3.05, 3.63) is 84.1 Å². The number of aromatic nitrogens is 1. The summed E-state index contributed by atoms with van der Waals surface area (Å²) in [6.07, 6.45) is 10.1. The van der Waals surface area contributed by atoms with Crippen LogP contribution in [0.15, 0.2) is 76.2 Å². The first kappa shape index (κ1) is 27.0. The number of fused-ring (bicyclic) bond motifs is 3. The average Bonchev–Trinajstić information content (AvgIpc) is 3.43. The minimum Gasteiger partial charge on any atom is -0.483 e. The molecule has 7 rings (SSSR count). The molecular weight excluding hydrogens is 496 g/mol. The Morgan fingerprint density at radius 3 is 2.26 bits per heavy atom. The second-order valence-electron chi connectivity index (χ2n) is 11.1. The Hall–Kier alpha value is -2.61. The first-order chi connectivity index (χ1) is 18.6. The number of nitrogens with zero attached hydrogens (tertiary/aromatic N) is 2. The average molecular weight is 536 g/mol. The third-order valence-corrected chi connectivity index (χ3v) is 10.2. The van der Waals surface area contributed by atoms with Crippen molar-refractivity contribution in [1.29, 1.82) is 0 Å². The van der Waals surface area contributed by atoms with Crippen molar-refractivity contribution in [2.24, 2.45) is 11.8 Å². The van der Waals surface area contributed by atoms with Crippen LogP contribution in [0.25, 0.3) is 0 Å². The molecule has 0 amide bonds. The van der Waals surface area contributed by atoms with Gasteiger partial charge in [-0.3, -0.25) is 4.79 Å². The molecule has 4 heterocycles. The summed E-state index contributed by atoms with van der Waals surface area (Å²) in [7, 11) is 0. The van der Waals surface area contributed by atoms with Gasteiger partial charge in [0.25, 0.3) is 6.47 Å². The summed E-state index contributed by atoms with van der Waals surface area (Å²) in [5.74, 6) is 2.38. The SMILES string of the molecule is O=CO.O[C@](c1ccccc1)(c1ncc(C[N+]23CCC(CC2)C(Sc2ccccc2)C3)o1)C1CCCCC1. The second-order valence-corrected chi connectivity index (χ2v) is 12.5. The number of carbonyl (C=O) groups is 1. The van der Waals surface area contributed by atoms with E-state index in [4.69, 9.17) is 19.3 Å². The highest BCUT2D eigenvalue weighted by Gasteiger charge is 2.48. The van der Waals surface area contributed by atoms with E-state index in [1.54, 1.807) is 0 Å². The first-order valence-electron chi connectivity index (χ1n) is 13.9. The molecule has 38 heavy (non-hydrogen) atoms. The standard InChI is InChI=1S/C30H37N2O2S.CH2O2/c33-30(24-10-4-1-5-11-24,25-12-6-2-7-13-25)29-31-20-26(34-29)21-32-18-16-23(17-19-32)28(22-32)35-27-14-8-3-9-15-27;2-1-3/h1,3-5,8-11,14-15,20,23,25,28,33H,2,6-7,12-13,16-19,21-22H2;1H,(H,2,3)/q+1;/t23?,28?,30-,32?;/m0./s1. The fourth-order valence-corrected chi connectivity index (χ4v) is 8.40. The molecule has 6 nitrogen and oxygen atoms in total. The van der Waals surface area contributed by atoms with E-state index in [2.05, 4.69) is 42.1 Å². The zero-order valence-corrected chi connectivity index (χ0v) is 22.8.